The van der Waals surface area contributed by atoms with Crippen LogP contribution in [0.15, 0.2) is 46.9 Å². The van der Waals surface area contributed by atoms with Gasteiger partial charge in [-0.3, -0.25) is 0 Å². The van der Waals surface area contributed by atoms with Gasteiger partial charge in [0.2, 0.25) is 0 Å². The molecule has 1 N–H and O–H groups in total. The lowest BCUT2D eigenvalue weighted by molar-refractivity contribution is 0.341. The van der Waals surface area contributed by atoms with Gasteiger partial charge in [0, 0.05) is 4.47 Å². The molecule has 0 saturated carbocycles. The van der Waals surface area contributed by atoms with Crippen LogP contribution in [0.5, 0.6) is 5.75 Å². The van der Waals surface area contributed by atoms with E-state index in [0.29, 0.717) is 6.61 Å². The summed E-state index contributed by atoms with van der Waals surface area (Å²) in [6.45, 7) is 6.95. The first-order valence-corrected chi connectivity index (χ1v) is 8.18. The number of aryl methyl sites for hydroxylation is 1. The number of ether oxygens (including phenoxy) is 1. The van der Waals surface area contributed by atoms with Crippen molar-refractivity contribution in [3.05, 3.63) is 58.1 Å². The van der Waals surface area contributed by atoms with Crippen LogP contribution in [0.4, 0.5) is 5.69 Å². The summed E-state index contributed by atoms with van der Waals surface area (Å²) in [6.07, 6.45) is 1.01. The van der Waals surface area contributed by atoms with Gasteiger partial charge in [0.1, 0.15) is 5.75 Å². The van der Waals surface area contributed by atoms with Gasteiger partial charge < -0.3 is 10.1 Å². The number of hydrogen-bond donors (Lipinski definition) is 1. The summed E-state index contributed by atoms with van der Waals surface area (Å²) in [5.41, 5.74) is 3.53. The first-order valence-electron chi connectivity index (χ1n) is 7.39. The molecular weight excluding hydrogens is 326 g/mol. The minimum absolute atomic E-state index is 0.268. The van der Waals surface area contributed by atoms with Crippen molar-refractivity contribution in [1.29, 1.82) is 0 Å². The second-order valence-electron chi connectivity index (χ2n) is 5.09. The summed E-state index contributed by atoms with van der Waals surface area (Å²) >= 11 is 3.54. The third-order valence-corrected chi connectivity index (χ3v) is 3.92. The van der Waals surface area contributed by atoms with Crippen LogP contribution in [0.3, 0.4) is 0 Å². The van der Waals surface area contributed by atoms with Crippen LogP contribution in [-0.2, 0) is 0 Å². The molecule has 0 aromatic heterocycles. The molecule has 0 radical (unpaired) electrons. The van der Waals surface area contributed by atoms with Gasteiger partial charge in [0.25, 0.3) is 0 Å². The van der Waals surface area contributed by atoms with Crippen molar-refractivity contribution in [2.45, 2.75) is 33.2 Å². The van der Waals surface area contributed by atoms with Crippen molar-refractivity contribution < 1.29 is 4.74 Å². The molecule has 2 rings (SSSR count). The van der Waals surface area contributed by atoms with Gasteiger partial charge in [-0.05, 0) is 55.7 Å². The lowest BCUT2D eigenvalue weighted by atomic mass is 10.0. The molecular formula is C18H22BrNO. The number of nitrogens with one attached hydrogen (secondary N) is 1. The molecule has 0 bridgehead atoms. The van der Waals surface area contributed by atoms with Gasteiger partial charge in [-0.2, -0.15) is 0 Å². The summed E-state index contributed by atoms with van der Waals surface area (Å²) in [5.74, 6) is 0.922. The van der Waals surface area contributed by atoms with Crippen molar-refractivity contribution in [2.24, 2.45) is 0 Å². The highest BCUT2D eigenvalue weighted by Gasteiger charge is 2.12. The van der Waals surface area contributed by atoms with Crippen molar-refractivity contribution in [1.82, 2.24) is 0 Å². The molecule has 2 aromatic carbocycles. The first kappa shape index (κ1) is 15.9. The van der Waals surface area contributed by atoms with Gasteiger partial charge in [-0.15, -0.1) is 0 Å². The molecule has 0 heterocycles. The van der Waals surface area contributed by atoms with Crippen LogP contribution in [0.2, 0.25) is 0 Å². The Kier molecular flexibility index (Phi) is 5.68. The van der Waals surface area contributed by atoms with Gasteiger partial charge >= 0.3 is 0 Å². The van der Waals surface area contributed by atoms with E-state index >= 15 is 0 Å². The molecule has 1 atom stereocenters. The number of anilines is 1. The van der Waals surface area contributed by atoms with E-state index in [2.05, 4.69) is 71.5 Å². The summed E-state index contributed by atoms with van der Waals surface area (Å²) in [5, 5.41) is 3.61. The van der Waals surface area contributed by atoms with Gasteiger partial charge in [-0.1, -0.05) is 41.1 Å². The Hall–Kier alpha value is -1.48. The molecule has 0 amide bonds. The minimum Gasteiger partial charge on any atom is -0.492 e. The van der Waals surface area contributed by atoms with Crippen LogP contribution in [-0.4, -0.2) is 6.61 Å². The van der Waals surface area contributed by atoms with Crippen LogP contribution in [0.25, 0.3) is 0 Å². The van der Waals surface area contributed by atoms with E-state index in [1.807, 2.05) is 13.0 Å². The third kappa shape index (κ3) is 4.24. The topological polar surface area (TPSA) is 21.3 Å². The number of benzene rings is 2. The summed E-state index contributed by atoms with van der Waals surface area (Å²) in [6, 6.07) is 15.0. The van der Waals surface area contributed by atoms with E-state index in [9.17, 15) is 0 Å². The Morgan fingerprint density at radius 2 is 1.95 bits per heavy atom. The number of halogens is 1. The summed E-state index contributed by atoms with van der Waals surface area (Å²) in [7, 11) is 0. The second-order valence-corrected chi connectivity index (χ2v) is 6.01. The predicted octanol–water partition coefficient (Wildman–Crippen LogP) is 5.72. The van der Waals surface area contributed by atoms with Crippen molar-refractivity contribution in [3.8, 4) is 5.75 Å². The van der Waals surface area contributed by atoms with E-state index in [1.54, 1.807) is 0 Å². The van der Waals surface area contributed by atoms with E-state index in [1.165, 1.54) is 11.1 Å². The fraction of sp³-hybridized carbons (Fsp3) is 0.333. The van der Waals surface area contributed by atoms with E-state index in [0.717, 1.165) is 22.3 Å². The average Bonchev–Trinajstić information content (AvgIpc) is 2.47. The van der Waals surface area contributed by atoms with Gasteiger partial charge in [-0.25, -0.2) is 0 Å². The largest absolute Gasteiger partial charge is 0.492 e. The van der Waals surface area contributed by atoms with Crippen LogP contribution < -0.4 is 10.1 Å². The Labute approximate surface area is 135 Å². The van der Waals surface area contributed by atoms with Crippen LogP contribution in [0.1, 0.15) is 37.4 Å². The highest BCUT2D eigenvalue weighted by molar-refractivity contribution is 9.10. The molecule has 3 heteroatoms. The maximum Gasteiger partial charge on any atom is 0.142 e. The molecule has 0 spiro atoms. The SMILES string of the molecule is CCOc1cc(C)ccc1NC(CC)c1cccc(Br)c1. The van der Waals surface area contributed by atoms with E-state index in [-0.39, 0.29) is 6.04 Å². The fourth-order valence-electron chi connectivity index (χ4n) is 2.36. The fourth-order valence-corrected chi connectivity index (χ4v) is 2.77. The van der Waals surface area contributed by atoms with Crippen LogP contribution >= 0.6 is 15.9 Å². The zero-order valence-electron chi connectivity index (χ0n) is 12.8. The number of hydrogen-bond acceptors (Lipinski definition) is 2. The summed E-state index contributed by atoms with van der Waals surface area (Å²) in [4.78, 5) is 0. The maximum absolute atomic E-state index is 5.75. The van der Waals surface area contributed by atoms with E-state index < -0.39 is 0 Å². The molecule has 0 saturated heterocycles. The van der Waals surface area contributed by atoms with Crippen molar-refractivity contribution in [2.75, 3.05) is 11.9 Å². The third-order valence-electron chi connectivity index (χ3n) is 3.43. The Bertz CT molecular complexity index is 598. The molecule has 2 nitrogen and oxygen atoms in total. The standard InChI is InChI=1S/C18H22BrNO/c1-4-16(14-7-6-8-15(19)12-14)20-17-10-9-13(3)11-18(17)21-5-2/h6-12,16,20H,4-5H2,1-3H3. The van der Waals surface area contributed by atoms with E-state index in [4.69, 9.17) is 4.74 Å². The molecule has 21 heavy (non-hydrogen) atoms. The Morgan fingerprint density at radius 3 is 2.62 bits per heavy atom. The van der Waals surface area contributed by atoms with Crippen LogP contribution in [0, 0.1) is 6.92 Å². The van der Waals surface area contributed by atoms with Gasteiger partial charge in [0.05, 0.1) is 18.3 Å². The molecule has 2 aromatic rings. The zero-order valence-corrected chi connectivity index (χ0v) is 14.4. The lowest BCUT2D eigenvalue weighted by Crippen LogP contribution is -2.11. The zero-order chi connectivity index (χ0) is 15.2. The molecule has 0 aliphatic heterocycles. The van der Waals surface area contributed by atoms with Crippen molar-refractivity contribution in [3.63, 3.8) is 0 Å². The molecule has 0 fully saturated rings. The quantitative estimate of drug-likeness (QED) is 0.721. The monoisotopic (exact) mass is 347 g/mol. The smallest absolute Gasteiger partial charge is 0.142 e. The molecule has 112 valence electrons. The first-order chi connectivity index (χ1) is 10.1. The molecule has 1 unspecified atom stereocenters. The average molecular weight is 348 g/mol. The predicted molar refractivity (Wildman–Crippen MR) is 93.1 cm³/mol. The molecule has 0 aliphatic rings. The minimum atomic E-state index is 0.268. The highest BCUT2D eigenvalue weighted by atomic mass is 79.9. The van der Waals surface area contributed by atoms with Crippen molar-refractivity contribution >= 4 is 21.6 Å². The summed E-state index contributed by atoms with van der Waals surface area (Å²) < 4.78 is 6.86. The normalized spacial score (nSPS) is 12.0. The lowest BCUT2D eigenvalue weighted by Gasteiger charge is -2.21. The Morgan fingerprint density at radius 1 is 1.14 bits per heavy atom. The molecule has 0 aliphatic carbocycles. The maximum atomic E-state index is 5.75. The Balaban J connectivity index is 2.26. The number of rotatable bonds is 6. The highest BCUT2D eigenvalue weighted by Crippen LogP contribution is 2.31. The van der Waals surface area contributed by atoms with Gasteiger partial charge in [0.15, 0.2) is 0 Å². The second kappa shape index (κ2) is 7.51.